The summed E-state index contributed by atoms with van der Waals surface area (Å²) in [5, 5.41) is 3.92. The van der Waals surface area contributed by atoms with Gasteiger partial charge in [0.25, 0.3) is 5.91 Å². The lowest BCUT2D eigenvalue weighted by Crippen LogP contribution is -2.27. The summed E-state index contributed by atoms with van der Waals surface area (Å²) >= 11 is 0. The number of halogens is 3. The number of alkyl halides is 3. The number of pyridine rings is 1. The molecule has 0 saturated heterocycles. The third kappa shape index (κ3) is 3.71. The van der Waals surface area contributed by atoms with Gasteiger partial charge in [0.2, 0.25) is 5.82 Å². The minimum absolute atomic E-state index is 0.170. The maximum absolute atomic E-state index is 13.2. The van der Waals surface area contributed by atoms with Crippen LogP contribution in [0.15, 0.2) is 53.9 Å². The van der Waals surface area contributed by atoms with Gasteiger partial charge in [-0.15, -0.1) is 0 Å². The number of rotatable bonds is 4. The molecule has 2 aromatic heterocycles. The lowest BCUT2D eigenvalue weighted by Gasteiger charge is -2.10. The molecule has 3 aromatic rings. The van der Waals surface area contributed by atoms with Crippen LogP contribution < -0.4 is 5.43 Å². The van der Waals surface area contributed by atoms with Gasteiger partial charge in [0.15, 0.2) is 0 Å². The number of nitrogens with zero attached hydrogens (tertiary/aromatic N) is 4. The van der Waals surface area contributed by atoms with Crippen LogP contribution >= 0.6 is 0 Å². The number of aromatic nitrogens is 3. The Morgan fingerprint density at radius 3 is 2.58 bits per heavy atom. The van der Waals surface area contributed by atoms with E-state index < -0.39 is 24.5 Å². The highest BCUT2D eigenvalue weighted by Gasteiger charge is 2.37. The van der Waals surface area contributed by atoms with E-state index in [9.17, 15) is 18.0 Å². The molecule has 2 heterocycles. The molecule has 0 aliphatic carbocycles. The van der Waals surface area contributed by atoms with Crippen molar-refractivity contribution in [3.63, 3.8) is 0 Å². The van der Waals surface area contributed by atoms with Crippen LogP contribution in [0.5, 0.6) is 0 Å². The second kappa shape index (κ2) is 6.95. The Hall–Kier alpha value is -3.23. The van der Waals surface area contributed by atoms with E-state index in [1.165, 1.54) is 12.1 Å². The van der Waals surface area contributed by atoms with E-state index in [0.717, 1.165) is 10.1 Å². The fourth-order valence-electron chi connectivity index (χ4n) is 2.43. The first-order valence-electron chi connectivity index (χ1n) is 7.62. The first-order valence-corrected chi connectivity index (χ1v) is 7.62. The fraction of sp³-hybridized carbons (Fsp3) is 0.176. The second-order valence-electron chi connectivity index (χ2n) is 5.48. The zero-order chi connectivity index (χ0) is 18.7. The number of para-hydroxylation sites is 2. The minimum atomic E-state index is -4.67. The van der Waals surface area contributed by atoms with Crippen molar-refractivity contribution < 1.29 is 18.0 Å². The second-order valence-corrected chi connectivity index (χ2v) is 5.48. The number of imidazole rings is 1. The van der Waals surface area contributed by atoms with E-state index in [2.05, 4.69) is 20.5 Å². The Labute approximate surface area is 146 Å². The summed E-state index contributed by atoms with van der Waals surface area (Å²) in [6.07, 6.45) is -1.53. The average Bonchev–Trinajstić information content (AvgIpc) is 2.99. The Bertz CT molecular complexity index is 963. The molecule has 134 valence electrons. The molecule has 0 atom stereocenters. The molecule has 0 aliphatic rings. The summed E-state index contributed by atoms with van der Waals surface area (Å²) in [6.45, 7) is 1.12. The number of amides is 1. The molecule has 9 heteroatoms. The van der Waals surface area contributed by atoms with Crippen molar-refractivity contribution in [3.05, 3.63) is 60.2 Å². The van der Waals surface area contributed by atoms with Crippen LogP contribution in [0.25, 0.3) is 11.0 Å². The number of benzene rings is 1. The molecule has 0 aliphatic heterocycles. The maximum Gasteiger partial charge on any atom is 0.449 e. The zero-order valence-electron chi connectivity index (χ0n) is 13.7. The van der Waals surface area contributed by atoms with Crippen molar-refractivity contribution in [2.45, 2.75) is 19.6 Å². The number of nitrogens with one attached hydrogen (secondary N) is 1. The van der Waals surface area contributed by atoms with Gasteiger partial charge in [-0.1, -0.05) is 12.1 Å². The molecule has 0 bridgehead atoms. The SMILES string of the molecule is CC(=NNC(=O)Cn1c(C(F)(F)F)nc2ccccc21)c1ccncc1. The van der Waals surface area contributed by atoms with Gasteiger partial charge in [-0.05, 0) is 31.2 Å². The first-order chi connectivity index (χ1) is 12.4. The van der Waals surface area contributed by atoms with E-state index in [-0.39, 0.29) is 11.0 Å². The maximum atomic E-state index is 13.2. The summed E-state index contributed by atoms with van der Waals surface area (Å²) in [7, 11) is 0. The molecule has 0 spiro atoms. The Kier molecular flexibility index (Phi) is 4.70. The molecule has 0 fully saturated rings. The third-order valence-electron chi connectivity index (χ3n) is 3.66. The molecule has 0 saturated carbocycles. The zero-order valence-corrected chi connectivity index (χ0v) is 13.7. The van der Waals surface area contributed by atoms with Crippen molar-refractivity contribution in [1.82, 2.24) is 20.0 Å². The lowest BCUT2D eigenvalue weighted by molar-refractivity contribution is -0.147. The van der Waals surface area contributed by atoms with Crippen LogP contribution in [0.1, 0.15) is 18.3 Å². The van der Waals surface area contributed by atoms with Gasteiger partial charge in [0.05, 0.1) is 16.7 Å². The van der Waals surface area contributed by atoms with Crippen LogP contribution in [-0.2, 0) is 17.5 Å². The third-order valence-corrected chi connectivity index (χ3v) is 3.66. The average molecular weight is 361 g/mol. The summed E-state index contributed by atoms with van der Waals surface area (Å²) in [5.74, 6) is -1.81. The highest BCUT2D eigenvalue weighted by atomic mass is 19.4. The molecule has 1 aromatic carbocycles. The van der Waals surface area contributed by atoms with Gasteiger partial charge in [-0.2, -0.15) is 18.3 Å². The van der Waals surface area contributed by atoms with E-state index in [0.29, 0.717) is 5.71 Å². The minimum Gasteiger partial charge on any atom is -0.311 e. The standard InChI is InChI=1S/C17H14F3N5O/c1-11(12-6-8-21-9-7-12)23-24-15(26)10-25-14-5-3-2-4-13(14)22-16(25)17(18,19)20/h2-9H,10H2,1H3,(H,24,26). The molecule has 0 radical (unpaired) electrons. The fourth-order valence-corrected chi connectivity index (χ4v) is 2.43. The molecular formula is C17H14F3N5O. The molecule has 26 heavy (non-hydrogen) atoms. The number of carbonyl (C=O) groups excluding carboxylic acids is 1. The van der Waals surface area contributed by atoms with Crippen LogP contribution in [0, 0.1) is 0 Å². The molecule has 3 rings (SSSR count). The van der Waals surface area contributed by atoms with Crippen molar-refractivity contribution in [3.8, 4) is 0 Å². The summed E-state index contributed by atoms with van der Waals surface area (Å²) in [6, 6.07) is 9.53. The van der Waals surface area contributed by atoms with Crippen molar-refractivity contribution in [2.75, 3.05) is 0 Å². The van der Waals surface area contributed by atoms with Gasteiger partial charge in [0, 0.05) is 18.0 Å². The smallest absolute Gasteiger partial charge is 0.311 e. The van der Waals surface area contributed by atoms with Gasteiger partial charge in [-0.3, -0.25) is 9.78 Å². The van der Waals surface area contributed by atoms with E-state index in [1.807, 2.05) is 0 Å². The van der Waals surface area contributed by atoms with Gasteiger partial charge in [0.1, 0.15) is 6.54 Å². The van der Waals surface area contributed by atoms with Crippen LogP contribution in [-0.4, -0.2) is 26.2 Å². The highest BCUT2D eigenvalue weighted by Crippen LogP contribution is 2.31. The highest BCUT2D eigenvalue weighted by molar-refractivity contribution is 5.99. The largest absolute Gasteiger partial charge is 0.449 e. The Morgan fingerprint density at radius 1 is 1.19 bits per heavy atom. The van der Waals surface area contributed by atoms with Gasteiger partial charge < -0.3 is 4.57 Å². The number of hydrogen-bond acceptors (Lipinski definition) is 4. The molecule has 6 nitrogen and oxygen atoms in total. The lowest BCUT2D eigenvalue weighted by atomic mass is 10.2. The molecule has 1 amide bonds. The Balaban J connectivity index is 1.83. The van der Waals surface area contributed by atoms with E-state index in [1.54, 1.807) is 43.6 Å². The number of fused-ring (bicyclic) bond motifs is 1. The van der Waals surface area contributed by atoms with Crippen molar-refractivity contribution >= 4 is 22.7 Å². The predicted molar refractivity (Wildman–Crippen MR) is 89.3 cm³/mol. The van der Waals surface area contributed by atoms with Gasteiger partial charge in [-0.25, -0.2) is 10.4 Å². The molecule has 0 unspecified atom stereocenters. The van der Waals surface area contributed by atoms with Crippen molar-refractivity contribution in [2.24, 2.45) is 5.10 Å². The van der Waals surface area contributed by atoms with Crippen LogP contribution in [0.3, 0.4) is 0 Å². The van der Waals surface area contributed by atoms with Crippen LogP contribution in [0.2, 0.25) is 0 Å². The summed E-state index contributed by atoms with van der Waals surface area (Å²) in [5.41, 5.74) is 3.92. The number of hydrazone groups is 1. The topological polar surface area (TPSA) is 72.2 Å². The summed E-state index contributed by atoms with van der Waals surface area (Å²) in [4.78, 5) is 19.6. The van der Waals surface area contributed by atoms with Crippen LogP contribution in [0.4, 0.5) is 13.2 Å². The number of carbonyl (C=O) groups is 1. The number of hydrogen-bond donors (Lipinski definition) is 1. The van der Waals surface area contributed by atoms with Gasteiger partial charge >= 0.3 is 6.18 Å². The van der Waals surface area contributed by atoms with E-state index >= 15 is 0 Å². The summed E-state index contributed by atoms with van der Waals surface area (Å²) < 4.78 is 40.5. The monoisotopic (exact) mass is 361 g/mol. The Morgan fingerprint density at radius 2 is 1.88 bits per heavy atom. The molecular weight excluding hydrogens is 347 g/mol. The normalized spacial score (nSPS) is 12.4. The quantitative estimate of drug-likeness (QED) is 0.574. The first kappa shape index (κ1) is 17.6. The van der Waals surface area contributed by atoms with E-state index in [4.69, 9.17) is 0 Å². The van der Waals surface area contributed by atoms with Crippen molar-refractivity contribution in [1.29, 1.82) is 0 Å². The molecule has 1 N–H and O–H groups in total. The predicted octanol–water partition coefficient (Wildman–Crippen LogP) is 2.99.